The smallest absolute Gasteiger partial charge is 0.251 e. The summed E-state index contributed by atoms with van der Waals surface area (Å²) in [7, 11) is 0. The van der Waals surface area contributed by atoms with Crippen molar-refractivity contribution in [2.45, 2.75) is 12.8 Å². The zero-order chi connectivity index (χ0) is 20.1. The lowest BCUT2D eigenvalue weighted by atomic mass is 9.97. The number of carbonyl (C=O) groups is 2. The van der Waals surface area contributed by atoms with Crippen LogP contribution >= 0.6 is 0 Å². The summed E-state index contributed by atoms with van der Waals surface area (Å²) in [4.78, 5) is 46.3. The summed E-state index contributed by atoms with van der Waals surface area (Å²) in [6.45, 7) is 2.16. The average Bonchev–Trinajstić information content (AvgIpc) is 3.26. The van der Waals surface area contributed by atoms with Gasteiger partial charge in [0.1, 0.15) is 11.8 Å². The van der Waals surface area contributed by atoms with Crippen molar-refractivity contribution in [2.75, 3.05) is 31.1 Å². The Morgan fingerprint density at radius 3 is 2.83 bits per heavy atom. The van der Waals surface area contributed by atoms with E-state index >= 15 is 0 Å². The van der Waals surface area contributed by atoms with Gasteiger partial charge in [-0.15, -0.1) is 0 Å². The van der Waals surface area contributed by atoms with E-state index in [9.17, 15) is 9.59 Å². The minimum Gasteiger partial charge on any atom is -0.354 e. The molecule has 1 unspecified atom stereocenters. The molecule has 1 aliphatic heterocycles. The zero-order valence-electron chi connectivity index (χ0n) is 15.8. The van der Waals surface area contributed by atoms with Crippen LogP contribution in [0.4, 0.5) is 5.82 Å². The van der Waals surface area contributed by atoms with Crippen molar-refractivity contribution < 1.29 is 9.59 Å². The number of hydrogen-bond donors (Lipinski definition) is 3. The molecule has 1 saturated heterocycles. The maximum absolute atomic E-state index is 12.6. The molecular weight excluding hydrogens is 372 g/mol. The van der Waals surface area contributed by atoms with Crippen molar-refractivity contribution >= 4 is 28.8 Å². The van der Waals surface area contributed by atoms with Crippen molar-refractivity contribution in [1.29, 1.82) is 0 Å². The lowest BCUT2D eigenvalue weighted by Gasteiger charge is -2.32. The van der Waals surface area contributed by atoms with Crippen LogP contribution in [0.25, 0.3) is 11.2 Å². The standard InChI is InChI=1S/C19H22N8O2/c28-18(13-3-5-20-6-4-13)21-7-8-22-19(29)14-2-1-9-27(10-14)17-15-16(24-11-23-15)25-12-26-17/h3-6,11-12,14H,1-2,7-10H2,(H,21,28)(H,22,29)(H,23,24,25,26). The Balaban J connectivity index is 1.28. The number of piperidine rings is 1. The third kappa shape index (κ3) is 4.31. The highest BCUT2D eigenvalue weighted by Crippen LogP contribution is 2.25. The third-order valence-electron chi connectivity index (χ3n) is 4.95. The molecule has 150 valence electrons. The van der Waals surface area contributed by atoms with Crippen LogP contribution in [-0.4, -0.2) is 62.9 Å². The molecule has 0 aromatic carbocycles. The number of hydrogen-bond acceptors (Lipinski definition) is 7. The molecule has 1 fully saturated rings. The van der Waals surface area contributed by atoms with E-state index in [1.807, 2.05) is 0 Å². The van der Waals surface area contributed by atoms with Crippen molar-refractivity contribution in [3.05, 3.63) is 42.7 Å². The Kier molecular flexibility index (Phi) is 5.59. The number of H-pyrrole nitrogens is 1. The molecule has 0 saturated carbocycles. The van der Waals surface area contributed by atoms with Crippen LogP contribution in [0.5, 0.6) is 0 Å². The highest BCUT2D eigenvalue weighted by Gasteiger charge is 2.27. The third-order valence-corrected chi connectivity index (χ3v) is 4.95. The molecule has 3 aromatic heterocycles. The molecule has 3 aromatic rings. The highest BCUT2D eigenvalue weighted by atomic mass is 16.2. The predicted molar refractivity (Wildman–Crippen MR) is 106 cm³/mol. The Morgan fingerprint density at radius 1 is 1.14 bits per heavy atom. The fraction of sp³-hybridized carbons (Fsp3) is 0.368. The average molecular weight is 394 g/mol. The van der Waals surface area contributed by atoms with Gasteiger partial charge in [0.2, 0.25) is 5.91 Å². The summed E-state index contributed by atoms with van der Waals surface area (Å²) in [6.07, 6.45) is 7.95. The van der Waals surface area contributed by atoms with E-state index in [1.165, 1.54) is 6.33 Å². The molecule has 0 radical (unpaired) electrons. The molecule has 10 nitrogen and oxygen atoms in total. The molecule has 2 amide bonds. The Morgan fingerprint density at radius 2 is 1.97 bits per heavy atom. The molecule has 29 heavy (non-hydrogen) atoms. The van der Waals surface area contributed by atoms with Gasteiger partial charge in [-0.05, 0) is 25.0 Å². The van der Waals surface area contributed by atoms with Gasteiger partial charge in [0.25, 0.3) is 5.91 Å². The molecule has 10 heteroatoms. The second-order valence-corrected chi connectivity index (χ2v) is 6.87. The molecule has 4 heterocycles. The number of pyridine rings is 1. The van der Waals surface area contributed by atoms with E-state index in [0.717, 1.165) is 30.7 Å². The predicted octanol–water partition coefficient (Wildman–Crippen LogP) is 0.511. The molecule has 0 aliphatic carbocycles. The number of anilines is 1. The number of nitrogens with zero attached hydrogens (tertiary/aromatic N) is 5. The first-order chi connectivity index (χ1) is 14.2. The summed E-state index contributed by atoms with van der Waals surface area (Å²) in [5, 5.41) is 5.71. The second-order valence-electron chi connectivity index (χ2n) is 6.87. The Hall–Kier alpha value is -3.56. The van der Waals surface area contributed by atoms with Gasteiger partial charge < -0.3 is 20.5 Å². The van der Waals surface area contributed by atoms with E-state index in [2.05, 4.69) is 40.5 Å². The van der Waals surface area contributed by atoms with Crippen LogP contribution in [0.15, 0.2) is 37.2 Å². The lowest BCUT2D eigenvalue weighted by Crippen LogP contribution is -2.45. The van der Waals surface area contributed by atoms with Crippen LogP contribution in [0.1, 0.15) is 23.2 Å². The summed E-state index contributed by atoms with van der Waals surface area (Å²) in [5.74, 6) is 0.447. The van der Waals surface area contributed by atoms with Gasteiger partial charge in [0, 0.05) is 44.1 Å². The number of carbonyl (C=O) groups excluding carboxylic acids is 2. The van der Waals surface area contributed by atoms with Gasteiger partial charge in [-0.1, -0.05) is 0 Å². The first kappa shape index (κ1) is 18.8. The topological polar surface area (TPSA) is 129 Å². The zero-order valence-corrected chi connectivity index (χ0v) is 15.8. The summed E-state index contributed by atoms with van der Waals surface area (Å²) >= 11 is 0. The fourth-order valence-corrected chi connectivity index (χ4v) is 3.49. The minimum atomic E-state index is -0.183. The monoisotopic (exact) mass is 394 g/mol. The highest BCUT2D eigenvalue weighted by molar-refractivity contribution is 5.94. The number of aromatic amines is 1. The Labute approximate surface area is 167 Å². The van der Waals surface area contributed by atoms with Gasteiger partial charge in [-0.25, -0.2) is 15.0 Å². The number of rotatable bonds is 6. The summed E-state index contributed by atoms with van der Waals surface area (Å²) < 4.78 is 0. The van der Waals surface area contributed by atoms with Gasteiger partial charge in [0.05, 0.1) is 12.2 Å². The SMILES string of the molecule is O=C(NCCNC(=O)C1CCCN(c2ncnc3nc[nH]c23)C1)c1ccncc1. The minimum absolute atomic E-state index is 0.0113. The van der Waals surface area contributed by atoms with Crippen molar-refractivity contribution in [3.63, 3.8) is 0 Å². The largest absolute Gasteiger partial charge is 0.354 e. The number of fused-ring (bicyclic) bond motifs is 1. The van der Waals surface area contributed by atoms with E-state index in [4.69, 9.17) is 0 Å². The van der Waals surface area contributed by atoms with Crippen LogP contribution < -0.4 is 15.5 Å². The van der Waals surface area contributed by atoms with Crippen LogP contribution in [0, 0.1) is 5.92 Å². The Bertz CT molecular complexity index is 990. The molecule has 0 bridgehead atoms. The molecule has 1 atom stereocenters. The molecule has 1 aliphatic rings. The number of aromatic nitrogens is 5. The molecular formula is C19H22N8O2. The lowest BCUT2D eigenvalue weighted by molar-refractivity contribution is -0.125. The van der Waals surface area contributed by atoms with Gasteiger partial charge in [-0.3, -0.25) is 14.6 Å². The molecule has 4 rings (SSSR count). The van der Waals surface area contributed by atoms with E-state index < -0.39 is 0 Å². The van der Waals surface area contributed by atoms with Gasteiger partial charge >= 0.3 is 0 Å². The fourth-order valence-electron chi connectivity index (χ4n) is 3.49. The quantitative estimate of drug-likeness (QED) is 0.520. The van der Waals surface area contributed by atoms with Crippen molar-refractivity contribution in [2.24, 2.45) is 5.92 Å². The number of imidazole rings is 1. The van der Waals surface area contributed by atoms with Crippen molar-refractivity contribution in [1.82, 2.24) is 35.6 Å². The summed E-state index contributed by atoms with van der Waals surface area (Å²) in [5.41, 5.74) is 1.95. The van der Waals surface area contributed by atoms with Crippen LogP contribution in [0.3, 0.4) is 0 Å². The number of amides is 2. The van der Waals surface area contributed by atoms with E-state index in [1.54, 1.807) is 30.9 Å². The first-order valence-corrected chi connectivity index (χ1v) is 9.57. The first-order valence-electron chi connectivity index (χ1n) is 9.57. The molecule has 0 spiro atoms. The van der Waals surface area contributed by atoms with E-state index in [-0.39, 0.29) is 17.7 Å². The summed E-state index contributed by atoms with van der Waals surface area (Å²) in [6, 6.07) is 3.29. The maximum Gasteiger partial charge on any atom is 0.251 e. The second kappa shape index (κ2) is 8.63. The maximum atomic E-state index is 12.6. The normalized spacial score (nSPS) is 16.6. The molecule has 3 N–H and O–H groups in total. The van der Waals surface area contributed by atoms with E-state index in [0.29, 0.717) is 30.8 Å². The van der Waals surface area contributed by atoms with Gasteiger partial charge in [-0.2, -0.15) is 0 Å². The van der Waals surface area contributed by atoms with Crippen LogP contribution in [0.2, 0.25) is 0 Å². The van der Waals surface area contributed by atoms with Gasteiger partial charge in [0.15, 0.2) is 11.5 Å². The van der Waals surface area contributed by atoms with Crippen molar-refractivity contribution in [3.8, 4) is 0 Å². The van der Waals surface area contributed by atoms with Crippen LogP contribution in [-0.2, 0) is 4.79 Å². The number of nitrogens with one attached hydrogen (secondary N) is 3.